The Morgan fingerprint density at radius 1 is 0.694 bits per heavy atom. The van der Waals surface area contributed by atoms with Crippen LogP contribution in [0.5, 0.6) is 0 Å². The van der Waals surface area contributed by atoms with Crippen LogP contribution in [0.2, 0.25) is 10.0 Å². The van der Waals surface area contributed by atoms with E-state index in [1.54, 1.807) is 12.1 Å². The summed E-state index contributed by atoms with van der Waals surface area (Å²) in [4.78, 5) is 0. The maximum absolute atomic E-state index is 5.51. The predicted molar refractivity (Wildman–Crippen MR) is 273 cm³/mol. The van der Waals surface area contributed by atoms with Crippen molar-refractivity contribution in [1.82, 2.24) is 0 Å². The first-order valence-electron chi connectivity index (χ1n) is 20.9. The molecule has 0 saturated heterocycles. The topological polar surface area (TPSA) is 0 Å². The molecule has 1 unspecified atom stereocenters. The van der Waals surface area contributed by atoms with Crippen LogP contribution in [-0.2, 0) is 30.7 Å². The Balaban J connectivity index is 0.000000350. The van der Waals surface area contributed by atoms with Crippen LogP contribution >= 0.6 is 48.0 Å². The van der Waals surface area contributed by atoms with E-state index in [9.17, 15) is 0 Å². The fraction of sp³-hybridized carbons (Fsp3) is 0.281. The number of benzene rings is 6. The molecule has 0 bridgehead atoms. The van der Waals surface area contributed by atoms with Crippen molar-refractivity contribution in [1.29, 1.82) is 0 Å². The van der Waals surface area contributed by atoms with Crippen LogP contribution in [0.1, 0.15) is 91.5 Å². The first-order chi connectivity index (χ1) is 28.6. The van der Waals surface area contributed by atoms with Crippen molar-refractivity contribution >= 4 is 52.2 Å². The second-order valence-electron chi connectivity index (χ2n) is 16.7. The standard InChI is InChI=1S/C31H29.C13H21.2C6H4Cl.CH2.2ClH.Zr/c1-18-11-20(3)30(21(4)12-18)24-7-9-28-26(15-24)17-27-16-25(8-10-29(27)28)31-22(5)13-19(2)14-23(31)6;1-5-6-7-11-8-9-12(10-11)13(2,3)4;2*7-6-4-2-1-3-5-6;;;;/h7-15H,17H2,1-6H3;9-11H,5-7H2,1-4H3;2*1-2,4-5H;1H2;2*1H;/q4*-1;;;;. The van der Waals surface area contributed by atoms with E-state index in [1.807, 2.05) is 36.4 Å². The zero-order valence-electron chi connectivity index (χ0n) is 38.2. The molecule has 326 valence electrons. The quantitative estimate of drug-likeness (QED) is 0.151. The van der Waals surface area contributed by atoms with Crippen LogP contribution < -0.4 is 0 Å². The summed E-state index contributed by atoms with van der Waals surface area (Å²) in [7, 11) is 0. The average Bonchev–Trinajstić information content (AvgIpc) is 3.83. The number of fused-ring (bicyclic) bond motifs is 3. The van der Waals surface area contributed by atoms with Crippen LogP contribution in [0.3, 0.4) is 0 Å². The van der Waals surface area contributed by atoms with Gasteiger partial charge in [0.15, 0.2) is 0 Å². The van der Waals surface area contributed by atoms with Gasteiger partial charge in [-0.2, -0.15) is 95.5 Å². The third-order valence-corrected chi connectivity index (χ3v) is 11.1. The first-order valence-corrected chi connectivity index (χ1v) is 23.4. The number of allylic oxidation sites excluding steroid dienone is 4. The van der Waals surface area contributed by atoms with Crippen LogP contribution in [0, 0.1) is 77.2 Å². The molecule has 0 heterocycles. The van der Waals surface area contributed by atoms with Gasteiger partial charge < -0.3 is 0 Å². The number of aryl methyl sites for hydroxylation is 6. The number of halogens is 4. The molecule has 6 aromatic rings. The first kappa shape index (κ1) is 54.8. The van der Waals surface area contributed by atoms with Crippen LogP contribution in [0.25, 0.3) is 33.4 Å². The Labute approximate surface area is 412 Å². The van der Waals surface area contributed by atoms with Crippen molar-refractivity contribution in [2.45, 2.75) is 94.9 Å². The SMILES string of the molecule is CCCCC1[C-]=CC(C(C)(C)C)=C1.Cc1cc(C)c(-c2[c-]c3c(cc2)-c2ccc(-c4c(C)cc(C)cc4C)cc2C3)c(C)c1.Cl.Cl.Clc1c[c-]ccc1.Clc1c[c-]ccc1.[CH2]=[Zr]. The molecule has 62 heavy (non-hydrogen) atoms. The molecule has 0 aliphatic heterocycles. The van der Waals surface area contributed by atoms with Crippen molar-refractivity contribution in [3.63, 3.8) is 0 Å². The number of hydrogen-bond acceptors (Lipinski definition) is 0. The summed E-state index contributed by atoms with van der Waals surface area (Å²) >= 11 is 12.3. The van der Waals surface area contributed by atoms with E-state index in [-0.39, 0.29) is 24.8 Å². The van der Waals surface area contributed by atoms with E-state index in [0.29, 0.717) is 11.3 Å². The van der Waals surface area contributed by atoms with Crippen LogP contribution in [0.4, 0.5) is 0 Å². The third-order valence-electron chi connectivity index (χ3n) is 10.6. The van der Waals surface area contributed by atoms with Gasteiger partial charge in [0.1, 0.15) is 0 Å². The Bertz CT molecular complexity index is 2200. The number of unbranched alkanes of at least 4 members (excludes halogenated alkanes) is 1. The van der Waals surface area contributed by atoms with Crippen molar-refractivity contribution in [3.05, 3.63) is 200 Å². The van der Waals surface area contributed by atoms with E-state index in [0.717, 1.165) is 16.5 Å². The zero-order chi connectivity index (χ0) is 44.0. The summed E-state index contributed by atoms with van der Waals surface area (Å²) < 4.78 is 3.34. The second-order valence-corrected chi connectivity index (χ2v) is 17.6. The molecule has 0 N–H and O–H groups in total. The second kappa shape index (κ2) is 26.5. The molecule has 0 fully saturated rings. The normalized spacial score (nSPS) is 12.7. The maximum atomic E-state index is 5.51. The Hall–Kier alpha value is -3.29. The van der Waals surface area contributed by atoms with Crippen molar-refractivity contribution < 1.29 is 24.2 Å². The van der Waals surface area contributed by atoms with Crippen LogP contribution in [0.15, 0.2) is 121 Å². The van der Waals surface area contributed by atoms with Gasteiger partial charge in [0.25, 0.3) is 0 Å². The van der Waals surface area contributed by atoms with Crippen molar-refractivity contribution in [2.75, 3.05) is 0 Å². The fourth-order valence-electron chi connectivity index (χ4n) is 7.98. The van der Waals surface area contributed by atoms with E-state index < -0.39 is 0 Å². The molecule has 0 spiro atoms. The van der Waals surface area contributed by atoms with Gasteiger partial charge in [0.05, 0.1) is 0 Å². The monoisotopic (exact) mass is 976 g/mol. The third kappa shape index (κ3) is 15.8. The van der Waals surface area contributed by atoms with E-state index >= 15 is 0 Å². The summed E-state index contributed by atoms with van der Waals surface area (Å²) in [6.45, 7) is 22.3. The molecular weight excluding hydrogens is 918 g/mol. The van der Waals surface area contributed by atoms with Crippen molar-refractivity contribution in [3.8, 4) is 33.4 Å². The molecule has 2 aliphatic rings. The molecule has 0 aromatic heterocycles. The number of rotatable bonds is 5. The molecule has 0 nitrogen and oxygen atoms in total. The average molecular weight is 980 g/mol. The van der Waals surface area contributed by atoms with Gasteiger partial charge in [-0.05, 0) is 75.8 Å². The van der Waals surface area contributed by atoms with Crippen LogP contribution in [-0.4, -0.2) is 4.21 Å². The summed E-state index contributed by atoms with van der Waals surface area (Å²) in [5, 5.41) is 1.48. The van der Waals surface area contributed by atoms with Gasteiger partial charge in [0, 0.05) is 0 Å². The molecule has 6 aromatic carbocycles. The predicted octanol–water partition coefficient (Wildman–Crippen LogP) is 17.5. The molecule has 0 saturated carbocycles. The summed E-state index contributed by atoms with van der Waals surface area (Å²) in [5.41, 5.74) is 20.5. The molecule has 2 aliphatic carbocycles. The van der Waals surface area contributed by atoms with Crippen molar-refractivity contribution in [2.24, 2.45) is 11.3 Å². The number of hydrogen-bond donors (Lipinski definition) is 0. The molecule has 1 atom stereocenters. The summed E-state index contributed by atoms with van der Waals surface area (Å²) in [6.07, 6.45) is 12.8. The van der Waals surface area contributed by atoms with E-state index in [4.69, 9.17) is 23.2 Å². The summed E-state index contributed by atoms with van der Waals surface area (Å²) in [5.74, 6) is 0.592. The van der Waals surface area contributed by atoms with E-state index in [1.165, 1.54) is 127 Å². The minimum atomic E-state index is 0. The molecule has 0 amide bonds. The Morgan fingerprint density at radius 2 is 1.21 bits per heavy atom. The van der Waals surface area contributed by atoms with Gasteiger partial charge in [-0.25, -0.2) is 6.08 Å². The van der Waals surface area contributed by atoms with Gasteiger partial charge in [0.2, 0.25) is 0 Å². The molecular formula is C57H62Cl4Zr-4. The minimum absolute atomic E-state index is 0. The van der Waals surface area contributed by atoms with Gasteiger partial charge in [-0.15, -0.1) is 54.1 Å². The fourth-order valence-corrected chi connectivity index (χ4v) is 8.25. The molecule has 8 rings (SSSR count). The van der Waals surface area contributed by atoms with Gasteiger partial charge in [-0.3, -0.25) is 6.08 Å². The molecule has 0 radical (unpaired) electrons. The Morgan fingerprint density at radius 3 is 1.65 bits per heavy atom. The molecule has 5 heteroatoms. The Kier molecular flexibility index (Phi) is 23.4. The zero-order valence-corrected chi connectivity index (χ0v) is 43.8. The van der Waals surface area contributed by atoms with Gasteiger partial charge in [-0.1, -0.05) is 150 Å². The van der Waals surface area contributed by atoms with E-state index in [2.05, 4.69) is 164 Å². The summed E-state index contributed by atoms with van der Waals surface area (Å²) in [6, 6.07) is 44.5. The van der Waals surface area contributed by atoms with Gasteiger partial charge >= 0.3 is 28.4 Å².